The molecule has 3 fully saturated rings. The Balaban J connectivity index is 1.63. The number of fused-ring (bicyclic) bond motifs is 1. The molecule has 3 heterocycles. The fourth-order valence-electron chi connectivity index (χ4n) is 6.39. The van der Waals surface area contributed by atoms with E-state index in [9.17, 15) is 33.9 Å². The molecule has 48 heavy (non-hydrogen) atoms. The van der Waals surface area contributed by atoms with Crippen LogP contribution in [0.1, 0.15) is 64.9 Å². The molecule has 0 aliphatic carbocycles. The van der Waals surface area contributed by atoms with Crippen LogP contribution in [0, 0.1) is 11.8 Å². The molecular weight excluding hydrogens is 620 g/mol. The number of ether oxygens (including phenoxy) is 1. The summed E-state index contributed by atoms with van der Waals surface area (Å²) in [6, 6.07) is 4.01. The van der Waals surface area contributed by atoms with Crippen molar-refractivity contribution in [3.05, 3.63) is 35.9 Å². The van der Waals surface area contributed by atoms with Gasteiger partial charge in [-0.15, -0.1) is 0 Å². The first-order valence-electron chi connectivity index (χ1n) is 17.0. The lowest BCUT2D eigenvalue weighted by atomic mass is 9.98. The van der Waals surface area contributed by atoms with Crippen molar-refractivity contribution in [3.63, 3.8) is 0 Å². The van der Waals surface area contributed by atoms with Crippen LogP contribution in [-0.2, 0) is 39.9 Å². The number of amides is 6. The van der Waals surface area contributed by atoms with Gasteiger partial charge in [0.1, 0.15) is 30.2 Å². The van der Waals surface area contributed by atoms with Gasteiger partial charge in [0, 0.05) is 45.1 Å². The van der Waals surface area contributed by atoms with E-state index in [1.807, 2.05) is 44.2 Å². The summed E-state index contributed by atoms with van der Waals surface area (Å²) < 4.78 is 5.38. The lowest BCUT2D eigenvalue weighted by Crippen LogP contribution is -2.59. The highest BCUT2D eigenvalue weighted by Gasteiger charge is 2.41. The van der Waals surface area contributed by atoms with Gasteiger partial charge in [0.25, 0.3) is 0 Å². The first-order valence-corrected chi connectivity index (χ1v) is 17.0. The Hall–Kier alpha value is -4.04. The van der Waals surface area contributed by atoms with Gasteiger partial charge in [0.05, 0.1) is 6.10 Å². The Morgan fingerprint density at radius 2 is 1.60 bits per heavy atom. The van der Waals surface area contributed by atoms with E-state index in [0.29, 0.717) is 32.5 Å². The molecule has 1 aromatic carbocycles. The minimum atomic E-state index is -1.09. The van der Waals surface area contributed by atoms with Crippen LogP contribution in [0.15, 0.2) is 30.3 Å². The molecule has 14 nitrogen and oxygen atoms in total. The second-order valence-corrected chi connectivity index (χ2v) is 13.4. The van der Waals surface area contributed by atoms with Crippen LogP contribution in [0.3, 0.4) is 0 Å². The normalized spacial score (nSPS) is 28.8. The third kappa shape index (κ3) is 10.2. The van der Waals surface area contributed by atoms with Crippen molar-refractivity contribution in [1.29, 1.82) is 0 Å². The Labute approximate surface area is 281 Å². The quantitative estimate of drug-likeness (QED) is 0.234. The molecule has 1 aromatic rings. The van der Waals surface area contributed by atoms with Gasteiger partial charge in [-0.25, -0.2) is 0 Å². The maximum absolute atomic E-state index is 13.9. The molecule has 0 bridgehead atoms. The molecule has 4 rings (SSSR count). The number of rotatable bonds is 6. The number of nitrogens with zero attached hydrogens (tertiary/aromatic N) is 1. The second kappa shape index (κ2) is 17.4. The van der Waals surface area contributed by atoms with Gasteiger partial charge < -0.3 is 41.3 Å². The molecule has 6 amide bonds. The van der Waals surface area contributed by atoms with E-state index in [2.05, 4.69) is 26.6 Å². The number of nitrogens with one attached hydrogen (secondary N) is 5. The largest absolute Gasteiger partial charge is 0.391 e. The highest BCUT2D eigenvalue weighted by Crippen LogP contribution is 2.20. The van der Waals surface area contributed by atoms with E-state index in [1.54, 1.807) is 0 Å². The summed E-state index contributed by atoms with van der Waals surface area (Å²) in [6.07, 6.45) is 1.01. The maximum atomic E-state index is 13.9. The first kappa shape index (κ1) is 36.8. The van der Waals surface area contributed by atoms with Crippen LogP contribution in [0.25, 0.3) is 0 Å². The van der Waals surface area contributed by atoms with Gasteiger partial charge in [0.15, 0.2) is 0 Å². The minimum absolute atomic E-state index is 0.0151. The number of carbonyl (C=O) groups excluding carboxylic acids is 6. The maximum Gasteiger partial charge on any atom is 0.245 e. The molecule has 0 aromatic heterocycles. The topological polar surface area (TPSA) is 195 Å². The predicted molar refractivity (Wildman–Crippen MR) is 175 cm³/mol. The standard InChI is InChI=1S/C34H50N6O8/c1-20(2)16-26-31(44)36-21(3)34(47)40-19-24(41)18-28(40)33(46)35-13-7-10-25(37-29(42)23-11-14-48-15-12-23)30(43)39-27(32(45)38-26)17-22-8-5-4-6-9-22/h4-6,8-9,20-21,23-28,41H,7,10-19H2,1-3H3,(H,35,46)(H,36,44)(H,37,42)(H,38,45)(H,39,43)/t21-,24+,25-,26-,27+,28-/m0/s1. The van der Waals surface area contributed by atoms with E-state index in [1.165, 1.54) is 11.8 Å². The number of aliphatic hydroxyl groups excluding tert-OH is 1. The Bertz CT molecular complexity index is 1300. The average Bonchev–Trinajstić information content (AvgIpc) is 3.46. The Morgan fingerprint density at radius 3 is 2.29 bits per heavy atom. The Kier molecular flexibility index (Phi) is 13.3. The van der Waals surface area contributed by atoms with Crippen molar-refractivity contribution in [3.8, 4) is 0 Å². The van der Waals surface area contributed by atoms with Gasteiger partial charge in [-0.2, -0.15) is 0 Å². The van der Waals surface area contributed by atoms with Crippen molar-refractivity contribution in [2.75, 3.05) is 26.3 Å². The summed E-state index contributed by atoms with van der Waals surface area (Å²) in [5.74, 6) is -3.35. The van der Waals surface area contributed by atoms with Crippen molar-refractivity contribution < 1.29 is 38.6 Å². The van der Waals surface area contributed by atoms with Crippen molar-refractivity contribution >= 4 is 35.4 Å². The summed E-state index contributed by atoms with van der Waals surface area (Å²) in [5.41, 5.74) is 0.775. The van der Waals surface area contributed by atoms with E-state index in [0.717, 1.165) is 5.56 Å². The molecular formula is C34H50N6O8. The third-order valence-electron chi connectivity index (χ3n) is 9.04. The fourth-order valence-corrected chi connectivity index (χ4v) is 6.39. The van der Waals surface area contributed by atoms with Crippen LogP contribution in [0.2, 0.25) is 0 Å². The number of aliphatic hydroxyl groups is 1. The molecule has 6 atom stereocenters. The number of hydrogen-bond donors (Lipinski definition) is 6. The van der Waals surface area contributed by atoms with Crippen LogP contribution < -0.4 is 26.6 Å². The van der Waals surface area contributed by atoms with Crippen LogP contribution in [0.5, 0.6) is 0 Å². The fraction of sp³-hybridized carbons (Fsp3) is 0.647. The summed E-state index contributed by atoms with van der Waals surface area (Å²) in [4.78, 5) is 82.4. The molecule has 14 heteroatoms. The van der Waals surface area contributed by atoms with Gasteiger partial charge in [0.2, 0.25) is 35.4 Å². The number of benzene rings is 1. The molecule has 3 saturated heterocycles. The second-order valence-electron chi connectivity index (χ2n) is 13.4. The lowest BCUT2D eigenvalue weighted by molar-refractivity contribution is -0.141. The summed E-state index contributed by atoms with van der Waals surface area (Å²) in [5, 5.41) is 24.3. The monoisotopic (exact) mass is 670 g/mol. The molecule has 264 valence electrons. The van der Waals surface area contributed by atoms with E-state index >= 15 is 0 Å². The predicted octanol–water partition coefficient (Wildman–Crippen LogP) is -0.467. The molecule has 3 aliphatic rings. The number of carbonyl (C=O) groups is 6. The SMILES string of the molecule is CC(C)C[C@@H]1NC(=O)[C@@H](Cc2ccccc2)NC(=O)[C@@H](NC(=O)C2CCOCC2)CCCNC(=O)[C@@H]2C[C@@H](O)CN2C(=O)[C@H](C)NC1=O. The summed E-state index contributed by atoms with van der Waals surface area (Å²) in [6.45, 7) is 6.25. The summed E-state index contributed by atoms with van der Waals surface area (Å²) in [7, 11) is 0. The zero-order valence-electron chi connectivity index (χ0n) is 28.0. The highest BCUT2D eigenvalue weighted by molar-refractivity contribution is 5.96. The van der Waals surface area contributed by atoms with Crippen LogP contribution in [0.4, 0.5) is 0 Å². The van der Waals surface area contributed by atoms with Crippen LogP contribution >= 0.6 is 0 Å². The average molecular weight is 671 g/mol. The number of hydrogen-bond acceptors (Lipinski definition) is 8. The molecule has 0 radical (unpaired) electrons. The highest BCUT2D eigenvalue weighted by atomic mass is 16.5. The smallest absolute Gasteiger partial charge is 0.245 e. The van der Waals surface area contributed by atoms with Crippen molar-refractivity contribution in [1.82, 2.24) is 31.5 Å². The van der Waals surface area contributed by atoms with E-state index < -0.39 is 65.8 Å². The first-order chi connectivity index (χ1) is 22.9. The van der Waals surface area contributed by atoms with Crippen molar-refractivity contribution in [2.24, 2.45) is 11.8 Å². The van der Waals surface area contributed by atoms with E-state index in [-0.39, 0.29) is 56.5 Å². The van der Waals surface area contributed by atoms with E-state index in [4.69, 9.17) is 4.74 Å². The van der Waals surface area contributed by atoms with Gasteiger partial charge in [-0.05, 0) is 50.5 Å². The third-order valence-corrected chi connectivity index (χ3v) is 9.04. The zero-order chi connectivity index (χ0) is 34.8. The zero-order valence-corrected chi connectivity index (χ0v) is 28.0. The molecule has 0 saturated carbocycles. The lowest BCUT2D eigenvalue weighted by Gasteiger charge is -2.30. The molecule has 0 spiro atoms. The molecule has 3 aliphatic heterocycles. The molecule has 0 unspecified atom stereocenters. The molecule has 6 N–H and O–H groups in total. The van der Waals surface area contributed by atoms with Gasteiger partial charge >= 0.3 is 0 Å². The van der Waals surface area contributed by atoms with Crippen LogP contribution in [-0.4, -0.2) is 108 Å². The summed E-state index contributed by atoms with van der Waals surface area (Å²) >= 11 is 0. The van der Waals surface area contributed by atoms with Gasteiger partial charge in [-0.3, -0.25) is 28.8 Å². The van der Waals surface area contributed by atoms with Gasteiger partial charge in [-0.1, -0.05) is 44.2 Å². The Morgan fingerprint density at radius 1 is 0.938 bits per heavy atom. The van der Waals surface area contributed by atoms with Crippen molar-refractivity contribution in [2.45, 2.75) is 102 Å². The minimum Gasteiger partial charge on any atom is -0.391 e.